The predicted molar refractivity (Wildman–Crippen MR) is 91.4 cm³/mol. The molecule has 128 valence electrons. The van der Waals surface area contributed by atoms with Gasteiger partial charge in [0, 0.05) is 6.20 Å². The zero-order valence-electron chi connectivity index (χ0n) is 12.7. The van der Waals surface area contributed by atoms with E-state index in [1.807, 2.05) is 11.1 Å². The number of hydrogen-bond acceptors (Lipinski definition) is 5. The first-order chi connectivity index (χ1) is 12.0. The fourth-order valence-electron chi connectivity index (χ4n) is 2.05. The van der Waals surface area contributed by atoms with Crippen molar-refractivity contribution in [3.05, 3.63) is 81.6 Å². The molecular formula is C16H13N3O5S. The van der Waals surface area contributed by atoms with Crippen molar-refractivity contribution >= 4 is 15.7 Å². The standard InChI is InChI=1S/C16H13N3O5S/c20-15-14(10-17-16(21)18-15)25(22,23)19-12-8-4-5-9-13(12)24-11-6-2-1-3-7-11/h1-10,19H,(H2,17,18,20,21). The first-order valence-corrected chi connectivity index (χ1v) is 8.61. The van der Waals surface area contributed by atoms with Crippen LogP contribution >= 0.6 is 0 Å². The number of nitrogens with one attached hydrogen (secondary N) is 3. The van der Waals surface area contributed by atoms with Crippen LogP contribution in [0.15, 0.2) is 75.3 Å². The second-order valence-electron chi connectivity index (χ2n) is 4.95. The Morgan fingerprint density at radius 1 is 0.920 bits per heavy atom. The third-order valence-corrected chi connectivity index (χ3v) is 4.55. The fourth-order valence-corrected chi connectivity index (χ4v) is 3.13. The molecule has 0 aliphatic carbocycles. The molecule has 2 aromatic carbocycles. The second kappa shape index (κ2) is 6.65. The van der Waals surface area contributed by atoms with Crippen LogP contribution in [0.5, 0.6) is 11.5 Å². The molecule has 25 heavy (non-hydrogen) atoms. The number of hydrogen-bond donors (Lipinski definition) is 3. The van der Waals surface area contributed by atoms with Crippen molar-refractivity contribution in [1.29, 1.82) is 0 Å². The van der Waals surface area contributed by atoms with Crippen LogP contribution in [0.3, 0.4) is 0 Å². The van der Waals surface area contributed by atoms with E-state index in [0.717, 1.165) is 6.20 Å². The number of para-hydroxylation sites is 3. The van der Waals surface area contributed by atoms with Gasteiger partial charge in [0.1, 0.15) is 5.75 Å². The van der Waals surface area contributed by atoms with E-state index < -0.39 is 26.2 Å². The summed E-state index contributed by atoms with van der Waals surface area (Å²) in [7, 11) is -4.22. The van der Waals surface area contributed by atoms with E-state index in [2.05, 4.69) is 9.71 Å². The SMILES string of the molecule is O=c1[nH]cc(S(=O)(=O)Nc2ccccc2Oc2ccccc2)c(=O)[nH]1. The normalized spacial score (nSPS) is 11.0. The number of anilines is 1. The predicted octanol–water partition coefficient (Wildman–Crippen LogP) is 1.66. The Kier molecular flexibility index (Phi) is 4.40. The van der Waals surface area contributed by atoms with Crippen molar-refractivity contribution in [2.24, 2.45) is 0 Å². The van der Waals surface area contributed by atoms with Crippen LogP contribution in [0, 0.1) is 0 Å². The van der Waals surface area contributed by atoms with Crippen LogP contribution in [0.2, 0.25) is 0 Å². The molecule has 0 saturated carbocycles. The molecule has 0 aliphatic heterocycles. The molecule has 0 atom stereocenters. The van der Waals surface area contributed by atoms with Gasteiger partial charge in [0.05, 0.1) is 5.69 Å². The molecule has 1 aromatic heterocycles. The van der Waals surface area contributed by atoms with Gasteiger partial charge < -0.3 is 9.72 Å². The number of rotatable bonds is 5. The van der Waals surface area contributed by atoms with E-state index in [9.17, 15) is 18.0 Å². The zero-order chi connectivity index (χ0) is 17.9. The summed E-state index contributed by atoms with van der Waals surface area (Å²) in [4.78, 5) is 26.1. The molecule has 8 nitrogen and oxygen atoms in total. The summed E-state index contributed by atoms with van der Waals surface area (Å²) in [5.41, 5.74) is -1.66. The van der Waals surface area contributed by atoms with Gasteiger partial charge in [-0.15, -0.1) is 0 Å². The van der Waals surface area contributed by atoms with Crippen molar-refractivity contribution in [3.8, 4) is 11.5 Å². The molecule has 3 aromatic rings. The molecule has 0 amide bonds. The van der Waals surface area contributed by atoms with Gasteiger partial charge in [-0.3, -0.25) is 14.5 Å². The van der Waals surface area contributed by atoms with E-state index in [4.69, 9.17) is 4.74 Å². The average Bonchev–Trinajstić information content (AvgIpc) is 2.57. The molecule has 0 radical (unpaired) electrons. The minimum atomic E-state index is -4.22. The van der Waals surface area contributed by atoms with Gasteiger partial charge >= 0.3 is 5.69 Å². The summed E-state index contributed by atoms with van der Waals surface area (Å²) in [6.07, 6.45) is 0.837. The lowest BCUT2D eigenvalue weighted by Gasteiger charge is -2.13. The maximum atomic E-state index is 12.4. The number of ether oxygens (including phenoxy) is 1. The Balaban J connectivity index is 1.95. The van der Waals surface area contributed by atoms with E-state index in [0.29, 0.717) is 5.75 Å². The summed E-state index contributed by atoms with van der Waals surface area (Å²) in [5, 5.41) is 0. The highest BCUT2D eigenvalue weighted by atomic mass is 32.2. The Labute approximate surface area is 142 Å². The molecular weight excluding hydrogens is 346 g/mol. The van der Waals surface area contributed by atoms with Gasteiger partial charge in [0.2, 0.25) is 0 Å². The van der Waals surface area contributed by atoms with Gasteiger partial charge in [0.25, 0.3) is 15.6 Å². The third-order valence-electron chi connectivity index (χ3n) is 3.18. The molecule has 0 fully saturated rings. The zero-order valence-corrected chi connectivity index (χ0v) is 13.5. The van der Waals surface area contributed by atoms with Crippen LogP contribution in [0.1, 0.15) is 0 Å². The molecule has 1 heterocycles. The van der Waals surface area contributed by atoms with Gasteiger partial charge in [0.15, 0.2) is 10.6 Å². The van der Waals surface area contributed by atoms with Crippen molar-refractivity contribution in [1.82, 2.24) is 9.97 Å². The quantitative estimate of drug-likeness (QED) is 0.640. The molecule has 3 rings (SSSR count). The molecule has 0 spiro atoms. The van der Waals surface area contributed by atoms with Gasteiger partial charge in [-0.1, -0.05) is 30.3 Å². The average molecular weight is 359 g/mol. The summed E-state index contributed by atoms with van der Waals surface area (Å²) >= 11 is 0. The van der Waals surface area contributed by atoms with Gasteiger partial charge in [-0.05, 0) is 24.3 Å². The van der Waals surface area contributed by atoms with Crippen LogP contribution in [-0.4, -0.2) is 18.4 Å². The number of sulfonamides is 1. The van der Waals surface area contributed by atoms with Crippen molar-refractivity contribution in [3.63, 3.8) is 0 Å². The van der Waals surface area contributed by atoms with E-state index in [1.165, 1.54) is 6.07 Å². The summed E-state index contributed by atoms with van der Waals surface area (Å²) < 4.78 is 32.8. The smallest absolute Gasteiger partial charge is 0.325 e. The second-order valence-corrected chi connectivity index (χ2v) is 6.60. The third kappa shape index (κ3) is 3.78. The Morgan fingerprint density at radius 2 is 1.60 bits per heavy atom. The highest BCUT2D eigenvalue weighted by Crippen LogP contribution is 2.30. The highest BCUT2D eigenvalue weighted by molar-refractivity contribution is 7.92. The van der Waals surface area contributed by atoms with Crippen LogP contribution in [-0.2, 0) is 10.0 Å². The Bertz CT molecular complexity index is 1100. The lowest BCUT2D eigenvalue weighted by atomic mass is 10.3. The first-order valence-electron chi connectivity index (χ1n) is 7.12. The van der Waals surface area contributed by atoms with Crippen molar-refractivity contribution < 1.29 is 13.2 Å². The summed E-state index contributed by atoms with van der Waals surface area (Å²) in [5.74, 6) is 0.786. The Hall–Kier alpha value is -3.33. The number of aromatic amines is 2. The van der Waals surface area contributed by atoms with Crippen LogP contribution < -0.4 is 20.7 Å². The van der Waals surface area contributed by atoms with Gasteiger partial charge in [-0.25, -0.2) is 13.2 Å². The van der Waals surface area contributed by atoms with Crippen LogP contribution in [0.25, 0.3) is 0 Å². The highest BCUT2D eigenvalue weighted by Gasteiger charge is 2.20. The lowest BCUT2D eigenvalue weighted by Crippen LogP contribution is -2.29. The summed E-state index contributed by atoms with van der Waals surface area (Å²) in [6.45, 7) is 0. The molecule has 0 aliphatic rings. The molecule has 0 unspecified atom stereocenters. The number of H-pyrrole nitrogens is 2. The van der Waals surface area contributed by atoms with E-state index in [1.54, 1.807) is 42.5 Å². The monoisotopic (exact) mass is 359 g/mol. The minimum Gasteiger partial charge on any atom is -0.455 e. The fraction of sp³-hybridized carbons (Fsp3) is 0. The maximum absolute atomic E-state index is 12.4. The summed E-state index contributed by atoms with van der Waals surface area (Å²) in [6, 6.07) is 15.2. The van der Waals surface area contributed by atoms with Gasteiger partial charge in [-0.2, -0.15) is 0 Å². The van der Waals surface area contributed by atoms with E-state index in [-0.39, 0.29) is 11.4 Å². The van der Waals surface area contributed by atoms with Crippen LogP contribution in [0.4, 0.5) is 5.69 Å². The number of aromatic nitrogens is 2. The lowest BCUT2D eigenvalue weighted by molar-refractivity contribution is 0.485. The minimum absolute atomic E-state index is 0.150. The number of benzene rings is 2. The topological polar surface area (TPSA) is 121 Å². The largest absolute Gasteiger partial charge is 0.455 e. The Morgan fingerprint density at radius 3 is 2.32 bits per heavy atom. The molecule has 0 saturated heterocycles. The van der Waals surface area contributed by atoms with E-state index >= 15 is 0 Å². The van der Waals surface area contributed by atoms with Crippen molar-refractivity contribution in [2.45, 2.75) is 4.90 Å². The molecule has 0 bridgehead atoms. The first kappa shape index (κ1) is 16.5. The maximum Gasteiger partial charge on any atom is 0.325 e. The molecule has 9 heteroatoms. The van der Waals surface area contributed by atoms with Crippen molar-refractivity contribution in [2.75, 3.05) is 4.72 Å². The molecule has 3 N–H and O–H groups in total.